The van der Waals surface area contributed by atoms with Crippen molar-refractivity contribution in [2.45, 2.75) is 0 Å². The second kappa shape index (κ2) is 7.30. The van der Waals surface area contributed by atoms with Gasteiger partial charge in [0.2, 0.25) is 4.96 Å². The lowest BCUT2D eigenvalue weighted by Gasteiger charge is -1.96. The zero-order chi connectivity index (χ0) is 20.6. The smallest absolute Gasteiger partial charge is 0.235 e. The molecule has 0 aliphatic rings. The normalized spacial score (nSPS) is 11.7. The third-order valence-corrected chi connectivity index (χ3v) is 5.86. The van der Waals surface area contributed by atoms with Gasteiger partial charge in [-0.2, -0.15) is 9.61 Å². The van der Waals surface area contributed by atoms with Crippen LogP contribution in [-0.2, 0) is 0 Å². The molecule has 0 aliphatic heterocycles. The highest BCUT2D eigenvalue weighted by molar-refractivity contribution is 7.17. The highest BCUT2D eigenvalue weighted by Gasteiger charge is 2.13. The van der Waals surface area contributed by atoms with Gasteiger partial charge in [-0.15, -0.1) is 10.2 Å². The summed E-state index contributed by atoms with van der Waals surface area (Å²) in [4.78, 5) is 0.762. The third kappa shape index (κ3) is 3.21. The van der Waals surface area contributed by atoms with E-state index in [1.807, 2.05) is 84.9 Å². The number of aromatic nitrogens is 5. The predicted molar refractivity (Wildman–Crippen MR) is 122 cm³/mol. The first-order valence-electron chi connectivity index (χ1n) is 9.76. The molecule has 0 fully saturated rings. The Labute approximate surface area is 181 Å². The van der Waals surface area contributed by atoms with Crippen LogP contribution >= 0.6 is 11.3 Å². The van der Waals surface area contributed by atoms with Gasteiger partial charge in [-0.25, -0.2) is 0 Å². The van der Waals surface area contributed by atoms with Gasteiger partial charge in [0.25, 0.3) is 0 Å². The molecule has 3 aromatic carbocycles. The van der Waals surface area contributed by atoms with Gasteiger partial charge in [0.1, 0.15) is 10.5 Å². The van der Waals surface area contributed by atoms with Crippen LogP contribution in [0.5, 0.6) is 0 Å². The summed E-state index contributed by atoms with van der Waals surface area (Å²) in [6, 6.07) is 26.1. The van der Waals surface area contributed by atoms with Crippen LogP contribution in [0, 0.1) is 0 Å². The first-order chi connectivity index (χ1) is 15.3. The lowest BCUT2D eigenvalue weighted by molar-refractivity contribution is 0.441. The van der Waals surface area contributed by atoms with E-state index in [2.05, 4.69) is 26.5 Å². The fourth-order valence-electron chi connectivity index (χ4n) is 3.50. The minimum Gasteiger partial charge on any atom is -0.355 e. The lowest BCUT2D eigenvalue weighted by Crippen LogP contribution is -1.90. The average Bonchev–Trinajstić information content (AvgIpc) is 3.52. The average molecular weight is 421 g/mol. The molecule has 0 N–H and O–H groups in total. The molecule has 0 unspecified atom stereocenters. The molecule has 148 valence electrons. The van der Waals surface area contributed by atoms with Crippen molar-refractivity contribution < 1.29 is 4.52 Å². The monoisotopic (exact) mass is 421 g/mol. The van der Waals surface area contributed by atoms with E-state index < -0.39 is 0 Å². The maximum atomic E-state index is 5.60. The topological polar surface area (TPSA) is 69.1 Å². The van der Waals surface area contributed by atoms with Gasteiger partial charge < -0.3 is 4.52 Å². The fourth-order valence-corrected chi connectivity index (χ4v) is 4.24. The van der Waals surface area contributed by atoms with Crippen molar-refractivity contribution in [3.63, 3.8) is 0 Å². The molecule has 0 spiro atoms. The maximum Gasteiger partial charge on any atom is 0.235 e. The van der Waals surface area contributed by atoms with Crippen molar-refractivity contribution in [3.8, 4) is 22.7 Å². The van der Waals surface area contributed by atoms with Crippen LogP contribution < -0.4 is 0 Å². The molecule has 0 bridgehead atoms. The Kier molecular flexibility index (Phi) is 4.18. The molecule has 0 saturated heterocycles. The summed E-state index contributed by atoms with van der Waals surface area (Å²) in [5.41, 5.74) is 3.85. The highest BCUT2D eigenvalue weighted by Crippen LogP contribution is 2.29. The van der Waals surface area contributed by atoms with Gasteiger partial charge in [0, 0.05) is 16.5 Å². The Morgan fingerprint density at radius 3 is 2.39 bits per heavy atom. The van der Waals surface area contributed by atoms with Crippen molar-refractivity contribution >= 4 is 39.4 Å². The molecule has 31 heavy (non-hydrogen) atoms. The van der Waals surface area contributed by atoms with E-state index in [-0.39, 0.29) is 0 Å². The standard InChI is InChI=1S/C24H15N5OS/c1-3-7-17(8-4-1)22-19-13-11-16(15-20(19)28-30-22)12-14-21-27-29-23(25-26-24(29)31-21)18-9-5-2-6-10-18/h1-15H. The lowest BCUT2D eigenvalue weighted by atomic mass is 10.1. The van der Waals surface area contributed by atoms with Crippen molar-refractivity contribution in [1.29, 1.82) is 0 Å². The molecular formula is C24H15N5OS. The molecule has 6 rings (SSSR count). The minimum absolute atomic E-state index is 0.740. The summed E-state index contributed by atoms with van der Waals surface area (Å²) >= 11 is 1.49. The fraction of sp³-hybridized carbons (Fsp3) is 0. The molecule has 0 amide bonds. The molecule has 0 aliphatic carbocycles. The van der Waals surface area contributed by atoms with E-state index in [1.165, 1.54) is 11.3 Å². The maximum absolute atomic E-state index is 5.60. The summed E-state index contributed by atoms with van der Waals surface area (Å²) in [5, 5.41) is 19.3. The number of hydrogen-bond donors (Lipinski definition) is 0. The largest absolute Gasteiger partial charge is 0.355 e. The quantitative estimate of drug-likeness (QED) is 0.358. The molecule has 3 aromatic heterocycles. The Hall–Kier alpha value is -4.10. The van der Waals surface area contributed by atoms with E-state index >= 15 is 0 Å². The van der Waals surface area contributed by atoms with Crippen LogP contribution in [0.15, 0.2) is 83.4 Å². The minimum atomic E-state index is 0.740. The first-order valence-corrected chi connectivity index (χ1v) is 10.6. The number of nitrogens with zero attached hydrogens (tertiary/aromatic N) is 5. The molecule has 0 atom stereocenters. The van der Waals surface area contributed by atoms with Crippen molar-refractivity contribution in [2.24, 2.45) is 0 Å². The van der Waals surface area contributed by atoms with Gasteiger partial charge in [-0.1, -0.05) is 89.3 Å². The Balaban J connectivity index is 1.31. The number of benzene rings is 3. The second-order valence-electron chi connectivity index (χ2n) is 7.01. The molecular weight excluding hydrogens is 406 g/mol. The van der Waals surface area contributed by atoms with E-state index in [0.717, 1.165) is 49.1 Å². The van der Waals surface area contributed by atoms with Gasteiger partial charge in [0.15, 0.2) is 11.6 Å². The zero-order valence-corrected chi connectivity index (χ0v) is 17.0. The van der Waals surface area contributed by atoms with Crippen LogP contribution in [0.4, 0.5) is 0 Å². The molecule has 7 heteroatoms. The predicted octanol–water partition coefficient (Wildman–Crippen LogP) is 5.83. The number of hydrogen-bond acceptors (Lipinski definition) is 6. The summed E-state index contributed by atoms with van der Waals surface area (Å²) in [5.74, 6) is 1.53. The molecule has 0 radical (unpaired) electrons. The summed E-state index contributed by atoms with van der Waals surface area (Å²) in [6.45, 7) is 0. The Morgan fingerprint density at radius 1 is 0.806 bits per heavy atom. The van der Waals surface area contributed by atoms with E-state index in [9.17, 15) is 0 Å². The van der Waals surface area contributed by atoms with E-state index in [0.29, 0.717) is 0 Å². The van der Waals surface area contributed by atoms with Crippen LogP contribution in [0.1, 0.15) is 10.6 Å². The van der Waals surface area contributed by atoms with Gasteiger partial charge in [-0.3, -0.25) is 0 Å². The second-order valence-corrected chi connectivity index (χ2v) is 8.00. The Bertz CT molecular complexity index is 1530. The molecule has 6 nitrogen and oxygen atoms in total. The SMILES string of the molecule is C(=Cc1nn2c(-c3ccccc3)nnc2s1)c1ccc2c(-c3ccccc3)onc2c1. The summed E-state index contributed by atoms with van der Waals surface area (Å²) in [7, 11) is 0. The van der Waals surface area contributed by atoms with Crippen LogP contribution in [0.2, 0.25) is 0 Å². The third-order valence-electron chi connectivity index (χ3n) is 4.99. The van der Waals surface area contributed by atoms with E-state index in [4.69, 9.17) is 4.52 Å². The molecule has 0 saturated carbocycles. The van der Waals surface area contributed by atoms with E-state index in [1.54, 1.807) is 4.52 Å². The number of fused-ring (bicyclic) bond motifs is 2. The van der Waals surface area contributed by atoms with Crippen molar-refractivity contribution in [2.75, 3.05) is 0 Å². The number of rotatable bonds is 4. The summed E-state index contributed by atoms with van der Waals surface area (Å²) < 4.78 is 7.39. The summed E-state index contributed by atoms with van der Waals surface area (Å²) in [6.07, 6.45) is 4.00. The molecule has 3 heterocycles. The van der Waals surface area contributed by atoms with Crippen molar-refractivity contribution in [3.05, 3.63) is 89.4 Å². The highest BCUT2D eigenvalue weighted by atomic mass is 32.1. The van der Waals surface area contributed by atoms with Crippen LogP contribution in [-0.4, -0.2) is 25.0 Å². The molecule has 6 aromatic rings. The van der Waals surface area contributed by atoms with Gasteiger partial charge in [0.05, 0.1) is 0 Å². The first kappa shape index (κ1) is 17.7. The zero-order valence-electron chi connectivity index (χ0n) is 16.2. The van der Waals surface area contributed by atoms with Gasteiger partial charge >= 0.3 is 0 Å². The Morgan fingerprint density at radius 2 is 1.58 bits per heavy atom. The van der Waals surface area contributed by atoms with Crippen LogP contribution in [0.25, 0.3) is 50.7 Å². The van der Waals surface area contributed by atoms with Crippen molar-refractivity contribution in [1.82, 2.24) is 25.0 Å². The van der Waals surface area contributed by atoms with Gasteiger partial charge in [-0.05, 0) is 23.8 Å². The van der Waals surface area contributed by atoms with Crippen LogP contribution in [0.3, 0.4) is 0 Å².